The minimum atomic E-state index is 0.136. The van der Waals surface area contributed by atoms with E-state index < -0.39 is 0 Å². The highest BCUT2D eigenvalue weighted by atomic mass is 35.5. The van der Waals surface area contributed by atoms with Crippen molar-refractivity contribution in [1.29, 1.82) is 0 Å². The highest BCUT2D eigenvalue weighted by molar-refractivity contribution is 7.92. The predicted molar refractivity (Wildman–Crippen MR) is 86.9 cm³/mol. The van der Waals surface area contributed by atoms with Crippen LogP contribution < -0.4 is 0 Å². The fourth-order valence-corrected chi connectivity index (χ4v) is 2.73. The van der Waals surface area contributed by atoms with Gasteiger partial charge in [-0.2, -0.15) is 9.19 Å². The van der Waals surface area contributed by atoms with Crippen molar-refractivity contribution in [2.75, 3.05) is 0 Å². The molecule has 1 aromatic carbocycles. The molecule has 0 spiro atoms. The lowest BCUT2D eigenvalue weighted by Crippen LogP contribution is -1.98. The summed E-state index contributed by atoms with van der Waals surface area (Å²) in [4.78, 5) is 0. The molecule has 0 saturated heterocycles. The second-order valence-corrected chi connectivity index (χ2v) is 5.38. The molecule has 0 bridgehead atoms. The number of benzene rings is 1. The summed E-state index contributed by atoms with van der Waals surface area (Å²) in [5, 5.41) is 4.99. The summed E-state index contributed by atoms with van der Waals surface area (Å²) in [5.74, 6) is 0.224. The standard InChI is InChI=1S/C13H14ClFN2S.C2H6/c1-8(2)13-9(3)12(16-17(13)18-15)10-4-6-11(14)7-5-10;1-2/h4-8H,1-3H3;1-2H3. The molecule has 0 atom stereocenters. The topological polar surface area (TPSA) is 17.8 Å². The summed E-state index contributed by atoms with van der Waals surface area (Å²) in [6.07, 6.45) is 0. The summed E-state index contributed by atoms with van der Waals surface area (Å²) < 4.78 is 14.3. The average Bonchev–Trinajstić information content (AvgIpc) is 2.79. The van der Waals surface area contributed by atoms with Crippen molar-refractivity contribution in [3.63, 3.8) is 0 Å². The maximum absolute atomic E-state index is 12.9. The molecule has 1 aromatic heterocycles. The molecule has 0 amide bonds. The van der Waals surface area contributed by atoms with Gasteiger partial charge < -0.3 is 0 Å². The molecule has 20 heavy (non-hydrogen) atoms. The highest BCUT2D eigenvalue weighted by Crippen LogP contribution is 2.32. The third-order valence-corrected chi connectivity index (χ3v) is 3.53. The Morgan fingerprint density at radius 3 is 2.15 bits per heavy atom. The van der Waals surface area contributed by atoms with Crippen molar-refractivity contribution in [1.82, 2.24) is 9.19 Å². The molecule has 0 unspecified atom stereocenters. The van der Waals surface area contributed by atoms with Gasteiger partial charge >= 0.3 is 0 Å². The van der Waals surface area contributed by atoms with Crippen molar-refractivity contribution in [3.8, 4) is 11.3 Å². The minimum Gasteiger partial charge on any atom is -0.180 e. The Labute approximate surface area is 129 Å². The Morgan fingerprint density at radius 1 is 1.20 bits per heavy atom. The monoisotopic (exact) mass is 314 g/mol. The van der Waals surface area contributed by atoms with E-state index in [0.29, 0.717) is 5.02 Å². The summed E-state index contributed by atoms with van der Waals surface area (Å²) in [6.45, 7) is 10.0. The third-order valence-electron chi connectivity index (χ3n) is 2.87. The Balaban J connectivity index is 0.000000956. The van der Waals surface area contributed by atoms with E-state index in [1.807, 2.05) is 58.9 Å². The van der Waals surface area contributed by atoms with Crippen LogP contribution >= 0.6 is 23.9 Å². The maximum Gasteiger partial charge on any atom is 0.187 e. The van der Waals surface area contributed by atoms with Crippen LogP contribution in [0.2, 0.25) is 5.02 Å². The van der Waals surface area contributed by atoms with E-state index in [1.54, 1.807) is 0 Å². The van der Waals surface area contributed by atoms with Gasteiger partial charge in [0.1, 0.15) is 0 Å². The van der Waals surface area contributed by atoms with E-state index in [9.17, 15) is 3.89 Å². The van der Waals surface area contributed by atoms with Gasteiger partial charge in [-0.1, -0.05) is 51.4 Å². The van der Waals surface area contributed by atoms with Gasteiger partial charge in [-0.3, -0.25) is 0 Å². The fourth-order valence-electron chi connectivity index (χ4n) is 2.07. The van der Waals surface area contributed by atoms with Crippen LogP contribution in [0.3, 0.4) is 0 Å². The molecule has 1 heterocycles. The van der Waals surface area contributed by atoms with Crippen LogP contribution in [-0.4, -0.2) is 9.19 Å². The number of halogens is 2. The van der Waals surface area contributed by atoms with E-state index in [2.05, 4.69) is 5.10 Å². The summed E-state index contributed by atoms with van der Waals surface area (Å²) >= 11 is 6.00. The smallest absolute Gasteiger partial charge is 0.180 e. The Kier molecular flexibility index (Phi) is 6.56. The van der Waals surface area contributed by atoms with Crippen LogP contribution in [0.15, 0.2) is 24.3 Å². The molecule has 2 aromatic rings. The van der Waals surface area contributed by atoms with Gasteiger partial charge in [0.15, 0.2) is 12.3 Å². The number of hydrogen-bond acceptors (Lipinski definition) is 2. The van der Waals surface area contributed by atoms with Crippen LogP contribution in [-0.2, 0) is 0 Å². The van der Waals surface area contributed by atoms with Gasteiger partial charge in [0.05, 0.1) is 11.4 Å². The van der Waals surface area contributed by atoms with Crippen molar-refractivity contribution < 1.29 is 3.89 Å². The van der Waals surface area contributed by atoms with E-state index in [-0.39, 0.29) is 18.3 Å². The van der Waals surface area contributed by atoms with Gasteiger partial charge in [-0.25, -0.2) is 0 Å². The predicted octanol–water partition coefficient (Wildman–Crippen LogP) is 6.04. The van der Waals surface area contributed by atoms with Crippen LogP contribution in [0.4, 0.5) is 3.89 Å². The lowest BCUT2D eigenvalue weighted by Gasteiger charge is -2.06. The lowest BCUT2D eigenvalue weighted by atomic mass is 10.0. The van der Waals surface area contributed by atoms with E-state index in [1.165, 1.54) is 4.09 Å². The summed E-state index contributed by atoms with van der Waals surface area (Å²) in [7, 11) is 0. The molecule has 0 aliphatic heterocycles. The quantitative estimate of drug-likeness (QED) is 0.687. The first-order valence-electron chi connectivity index (χ1n) is 6.69. The number of rotatable bonds is 3. The zero-order valence-corrected chi connectivity index (χ0v) is 14.0. The SMILES string of the molecule is CC.Cc1c(-c2ccc(Cl)cc2)nn(SF)c1C(C)C. The Bertz CT molecular complexity index is 550. The molecule has 0 radical (unpaired) electrons. The second-order valence-electron chi connectivity index (χ2n) is 4.46. The molecule has 0 fully saturated rings. The Morgan fingerprint density at radius 2 is 1.75 bits per heavy atom. The first kappa shape index (κ1) is 17.1. The first-order chi connectivity index (χ1) is 9.54. The maximum atomic E-state index is 12.9. The van der Waals surface area contributed by atoms with Gasteiger partial charge in [0.2, 0.25) is 0 Å². The first-order valence-corrected chi connectivity index (χ1v) is 7.74. The van der Waals surface area contributed by atoms with Gasteiger partial charge in [0, 0.05) is 10.6 Å². The van der Waals surface area contributed by atoms with E-state index in [0.717, 1.165) is 22.5 Å². The van der Waals surface area contributed by atoms with E-state index >= 15 is 0 Å². The summed E-state index contributed by atoms with van der Waals surface area (Å²) in [6, 6.07) is 7.42. The number of hydrogen-bond donors (Lipinski definition) is 0. The highest BCUT2D eigenvalue weighted by Gasteiger charge is 2.18. The molecule has 0 aliphatic carbocycles. The second kappa shape index (κ2) is 7.70. The van der Waals surface area contributed by atoms with Crippen LogP contribution in [0.5, 0.6) is 0 Å². The number of nitrogens with zero attached hydrogens (tertiary/aromatic N) is 2. The molecule has 2 rings (SSSR count). The van der Waals surface area contributed by atoms with Gasteiger partial charge in [-0.15, -0.1) is 3.89 Å². The average molecular weight is 315 g/mol. The van der Waals surface area contributed by atoms with Crippen molar-refractivity contribution in [2.45, 2.75) is 40.5 Å². The number of aromatic nitrogens is 2. The largest absolute Gasteiger partial charge is 0.187 e. The molecule has 5 heteroatoms. The van der Waals surface area contributed by atoms with Crippen molar-refractivity contribution in [3.05, 3.63) is 40.5 Å². The summed E-state index contributed by atoms with van der Waals surface area (Å²) in [5.41, 5.74) is 3.68. The zero-order chi connectivity index (χ0) is 15.3. The van der Waals surface area contributed by atoms with E-state index in [4.69, 9.17) is 11.6 Å². The molecule has 110 valence electrons. The Hall–Kier alpha value is -1.00. The molecule has 0 aliphatic rings. The van der Waals surface area contributed by atoms with Gasteiger partial charge in [0.25, 0.3) is 0 Å². The fraction of sp³-hybridized carbons (Fsp3) is 0.400. The van der Waals surface area contributed by atoms with Crippen molar-refractivity contribution in [2.24, 2.45) is 0 Å². The lowest BCUT2D eigenvalue weighted by molar-refractivity contribution is 0.763. The molecular weight excluding hydrogens is 295 g/mol. The van der Waals surface area contributed by atoms with Crippen LogP contribution in [0, 0.1) is 6.92 Å². The van der Waals surface area contributed by atoms with Crippen LogP contribution in [0.25, 0.3) is 11.3 Å². The zero-order valence-electron chi connectivity index (χ0n) is 12.4. The molecule has 2 nitrogen and oxygen atoms in total. The molecule has 0 N–H and O–H groups in total. The van der Waals surface area contributed by atoms with Gasteiger partial charge in [-0.05, 0) is 30.5 Å². The van der Waals surface area contributed by atoms with Crippen LogP contribution in [0.1, 0.15) is 44.9 Å². The van der Waals surface area contributed by atoms with Crippen molar-refractivity contribution >= 4 is 23.9 Å². The third kappa shape index (κ3) is 3.55. The normalized spacial score (nSPS) is 10.4. The molecular formula is C15H20ClFN2S. The molecule has 0 saturated carbocycles. The minimum absolute atomic E-state index is 0.136.